The van der Waals surface area contributed by atoms with Crippen molar-refractivity contribution >= 4 is 21.6 Å². The number of fused-ring (bicyclic) bond motifs is 1. The van der Waals surface area contributed by atoms with Gasteiger partial charge in [-0.25, -0.2) is 4.98 Å². The Morgan fingerprint density at radius 3 is 3.12 bits per heavy atom. The highest BCUT2D eigenvalue weighted by Gasteiger charge is 2.14. The monoisotopic (exact) mass is 248 g/mol. The van der Waals surface area contributed by atoms with Crippen LogP contribution in [0.4, 0.5) is 0 Å². The lowest BCUT2D eigenvalue weighted by Gasteiger charge is -2.22. The van der Waals surface area contributed by atoms with E-state index in [2.05, 4.69) is 16.4 Å². The van der Waals surface area contributed by atoms with Crippen LogP contribution in [0.15, 0.2) is 24.3 Å². The van der Waals surface area contributed by atoms with Crippen LogP contribution in [-0.4, -0.2) is 24.2 Å². The standard InChI is InChI=1S/C13H16N2OS/c1-2-7-12-11(6-1)15-13(17-12)16-9-10-5-3-4-8-14-10/h1-2,6-7,10,14H,3-5,8-9H2. The molecule has 1 fully saturated rings. The van der Waals surface area contributed by atoms with Crippen molar-refractivity contribution in [3.63, 3.8) is 0 Å². The summed E-state index contributed by atoms with van der Waals surface area (Å²) < 4.78 is 6.97. The van der Waals surface area contributed by atoms with Gasteiger partial charge in [-0.3, -0.25) is 0 Å². The second-order valence-electron chi connectivity index (χ2n) is 4.41. The maximum Gasteiger partial charge on any atom is 0.274 e. The van der Waals surface area contributed by atoms with E-state index in [1.807, 2.05) is 18.2 Å². The summed E-state index contributed by atoms with van der Waals surface area (Å²) in [7, 11) is 0. The minimum Gasteiger partial charge on any atom is -0.468 e. The SMILES string of the molecule is c1ccc2sc(OCC3CCCCN3)nc2c1. The van der Waals surface area contributed by atoms with Gasteiger partial charge < -0.3 is 10.1 Å². The number of para-hydroxylation sites is 1. The van der Waals surface area contributed by atoms with Crippen molar-refractivity contribution in [2.24, 2.45) is 0 Å². The number of aromatic nitrogens is 1. The number of ether oxygens (including phenoxy) is 1. The molecule has 2 heterocycles. The topological polar surface area (TPSA) is 34.1 Å². The summed E-state index contributed by atoms with van der Waals surface area (Å²) in [5.74, 6) is 0. The van der Waals surface area contributed by atoms with Crippen molar-refractivity contribution in [3.8, 4) is 5.19 Å². The number of hydrogen-bond donors (Lipinski definition) is 1. The van der Waals surface area contributed by atoms with Crippen molar-refractivity contribution in [2.75, 3.05) is 13.2 Å². The van der Waals surface area contributed by atoms with Gasteiger partial charge in [-0.05, 0) is 31.5 Å². The Labute approximate surface area is 105 Å². The summed E-state index contributed by atoms with van der Waals surface area (Å²) in [5, 5.41) is 4.27. The molecule has 4 heteroatoms. The molecule has 0 bridgehead atoms. The zero-order valence-electron chi connectivity index (χ0n) is 9.69. The zero-order valence-corrected chi connectivity index (χ0v) is 10.5. The molecular weight excluding hydrogens is 232 g/mol. The molecule has 90 valence electrons. The Balaban J connectivity index is 1.64. The molecule has 0 aliphatic carbocycles. The fourth-order valence-electron chi connectivity index (χ4n) is 2.15. The third-order valence-electron chi connectivity index (χ3n) is 3.09. The number of piperidine rings is 1. The molecule has 3 rings (SSSR count). The second-order valence-corrected chi connectivity index (χ2v) is 5.40. The Bertz CT molecular complexity index is 458. The second kappa shape index (κ2) is 5.02. The number of nitrogens with zero attached hydrogens (tertiary/aromatic N) is 1. The lowest BCUT2D eigenvalue weighted by Crippen LogP contribution is -2.38. The molecule has 0 radical (unpaired) electrons. The van der Waals surface area contributed by atoms with E-state index in [1.165, 1.54) is 24.0 Å². The smallest absolute Gasteiger partial charge is 0.274 e. The van der Waals surface area contributed by atoms with Crippen LogP contribution >= 0.6 is 11.3 Å². The van der Waals surface area contributed by atoms with Crippen molar-refractivity contribution < 1.29 is 4.74 Å². The average Bonchev–Trinajstić information content (AvgIpc) is 2.80. The zero-order chi connectivity index (χ0) is 11.5. The Morgan fingerprint density at radius 2 is 2.29 bits per heavy atom. The maximum absolute atomic E-state index is 5.78. The highest BCUT2D eigenvalue weighted by molar-refractivity contribution is 7.20. The lowest BCUT2D eigenvalue weighted by atomic mass is 10.1. The third-order valence-corrected chi connectivity index (χ3v) is 4.04. The van der Waals surface area contributed by atoms with Gasteiger partial charge in [0.15, 0.2) is 0 Å². The molecule has 0 spiro atoms. The van der Waals surface area contributed by atoms with E-state index >= 15 is 0 Å². The summed E-state index contributed by atoms with van der Waals surface area (Å²) in [4.78, 5) is 4.47. The van der Waals surface area contributed by atoms with Crippen LogP contribution in [0.1, 0.15) is 19.3 Å². The van der Waals surface area contributed by atoms with Crippen LogP contribution in [0.5, 0.6) is 5.19 Å². The van der Waals surface area contributed by atoms with E-state index in [4.69, 9.17) is 4.74 Å². The van der Waals surface area contributed by atoms with Crippen LogP contribution < -0.4 is 10.1 Å². The van der Waals surface area contributed by atoms with Crippen molar-refractivity contribution in [1.82, 2.24) is 10.3 Å². The van der Waals surface area contributed by atoms with E-state index in [0.717, 1.165) is 23.9 Å². The van der Waals surface area contributed by atoms with E-state index in [1.54, 1.807) is 11.3 Å². The summed E-state index contributed by atoms with van der Waals surface area (Å²) in [6, 6.07) is 8.65. The first kappa shape index (κ1) is 11.0. The number of rotatable bonds is 3. The van der Waals surface area contributed by atoms with Gasteiger partial charge >= 0.3 is 0 Å². The third kappa shape index (κ3) is 2.58. The summed E-state index contributed by atoms with van der Waals surface area (Å²) in [6.07, 6.45) is 3.81. The minimum atomic E-state index is 0.496. The predicted octanol–water partition coefficient (Wildman–Crippen LogP) is 2.82. The van der Waals surface area contributed by atoms with E-state index in [-0.39, 0.29) is 0 Å². The van der Waals surface area contributed by atoms with Gasteiger partial charge in [-0.1, -0.05) is 29.9 Å². The Kier molecular flexibility index (Phi) is 3.25. The molecule has 1 N–H and O–H groups in total. The van der Waals surface area contributed by atoms with Gasteiger partial charge in [0.05, 0.1) is 10.2 Å². The molecule has 17 heavy (non-hydrogen) atoms. The van der Waals surface area contributed by atoms with Crippen LogP contribution in [0.2, 0.25) is 0 Å². The molecule has 1 aliphatic heterocycles. The Hall–Kier alpha value is -1.13. The quantitative estimate of drug-likeness (QED) is 0.907. The molecule has 1 atom stereocenters. The average molecular weight is 248 g/mol. The first-order chi connectivity index (χ1) is 8.42. The van der Waals surface area contributed by atoms with E-state index in [9.17, 15) is 0 Å². The Morgan fingerprint density at radius 1 is 1.35 bits per heavy atom. The van der Waals surface area contributed by atoms with Gasteiger partial charge in [0.2, 0.25) is 0 Å². The molecule has 1 aromatic heterocycles. The minimum absolute atomic E-state index is 0.496. The summed E-state index contributed by atoms with van der Waals surface area (Å²) in [5.41, 5.74) is 1.03. The van der Waals surface area contributed by atoms with Crippen molar-refractivity contribution in [1.29, 1.82) is 0 Å². The largest absolute Gasteiger partial charge is 0.468 e. The first-order valence-electron chi connectivity index (χ1n) is 6.13. The lowest BCUT2D eigenvalue weighted by molar-refractivity contribution is 0.238. The molecule has 1 aromatic carbocycles. The summed E-state index contributed by atoms with van der Waals surface area (Å²) >= 11 is 1.62. The molecule has 1 unspecified atom stereocenters. The van der Waals surface area contributed by atoms with Crippen molar-refractivity contribution in [3.05, 3.63) is 24.3 Å². The predicted molar refractivity (Wildman–Crippen MR) is 70.8 cm³/mol. The highest BCUT2D eigenvalue weighted by Crippen LogP contribution is 2.27. The number of nitrogens with one attached hydrogen (secondary N) is 1. The number of benzene rings is 1. The van der Waals surface area contributed by atoms with Crippen LogP contribution in [-0.2, 0) is 0 Å². The first-order valence-corrected chi connectivity index (χ1v) is 6.95. The molecule has 2 aromatic rings. The number of thiazole rings is 1. The van der Waals surface area contributed by atoms with E-state index < -0.39 is 0 Å². The molecule has 0 saturated carbocycles. The normalized spacial score (nSPS) is 20.6. The van der Waals surface area contributed by atoms with Gasteiger partial charge in [0.25, 0.3) is 5.19 Å². The van der Waals surface area contributed by atoms with Crippen molar-refractivity contribution in [2.45, 2.75) is 25.3 Å². The van der Waals surface area contributed by atoms with Gasteiger partial charge in [-0.15, -0.1) is 0 Å². The molecule has 1 aliphatic rings. The van der Waals surface area contributed by atoms with E-state index in [0.29, 0.717) is 6.04 Å². The van der Waals surface area contributed by atoms with Gasteiger partial charge in [0, 0.05) is 6.04 Å². The molecule has 0 amide bonds. The molecule has 1 saturated heterocycles. The number of hydrogen-bond acceptors (Lipinski definition) is 4. The molecular formula is C13H16N2OS. The summed E-state index contributed by atoms with van der Waals surface area (Å²) in [6.45, 7) is 1.85. The highest BCUT2D eigenvalue weighted by atomic mass is 32.1. The van der Waals surface area contributed by atoms with Gasteiger partial charge in [0.1, 0.15) is 6.61 Å². The fourth-order valence-corrected chi connectivity index (χ4v) is 2.97. The van der Waals surface area contributed by atoms with Crippen LogP contribution in [0.3, 0.4) is 0 Å². The molecule has 3 nitrogen and oxygen atoms in total. The van der Waals surface area contributed by atoms with Crippen LogP contribution in [0.25, 0.3) is 10.2 Å². The fraction of sp³-hybridized carbons (Fsp3) is 0.462. The van der Waals surface area contributed by atoms with Gasteiger partial charge in [-0.2, -0.15) is 0 Å². The van der Waals surface area contributed by atoms with Crippen LogP contribution in [0, 0.1) is 0 Å². The maximum atomic E-state index is 5.78.